The molecule has 0 unspecified atom stereocenters. The average molecular weight is 409 g/mol. The Kier molecular flexibility index (Phi) is 6.36. The molecule has 0 fully saturated rings. The second-order valence-electron chi connectivity index (χ2n) is 6.80. The Morgan fingerprint density at radius 2 is 1.77 bits per heavy atom. The van der Waals surface area contributed by atoms with Crippen molar-refractivity contribution in [2.24, 2.45) is 0 Å². The number of rotatable bonds is 6. The molecule has 0 saturated carbocycles. The van der Waals surface area contributed by atoms with Gasteiger partial charge in [0.05, 0.1) is 18.7 Å². The van der Waals surface area contributed by atoms with Crippen molar-refractivity contribution < 1.29 is 23.9 Å². The number of allylic oxidation sites excluding steroid dienone is 1. The number of aryl methyl sites for hydroxylation is 1. The molecule has 2 aromatic rings. The molecule has 0 bridgehead atoms. The van der Waals surface area contributed by atoms with E-state index in [1.165, 1.54) is 7.11 Å². The third-order valence-corrected chi connectivity index (χ3v) is 4.60. The zero-order valence-electron chi connectivity index (χ0n) is 16.9. The molecule has 0 aromatic heterocycles. The molecule has 0 spiro atoms. The van der Waals surface area contributed by atoms with Gasteiger partial charge in [-0.25, -0.2) is 9.59 Å². The van der Waals surface area contributed by atoms with E-state index in [2.05, 4.69) is 16.0 Å². The zero-order chi connectivity index (χ0) is 21.7. The van der Waals surface area contributed by atoms with E-state index in [9.17, 15) is 14.4 Å². The van der Waals surface area contributed by atoms with Crippen LogP contribution in [0.15, 0.2) is 59.8 Å². The summed E-state index contributed by atoms with van der Waals surface area (Å²) in [5.74, 6) is -0.530. The smallest absolute Gasteiger partial charge is 0.337 e. The van der Waals surface area contributed by atoms with E-state index < -0.39 is 18.0 Å². The van der Waals surface area contributed by atoms with E-state index in [0.717, 1.165) is 5.56 Å². The number of hydrogen-bond donors (Lipinski definition) is 3. The second kappa shape index (κ2) is 9.13. The third-order valence-electron chi connectivity index (χ3n) is 4.60. The molecule has 1 aliphatic rings. The number of benzene rings is 2. The van der Waals surface area contributed by atoms with Gasteiger partial charge >= 0.3 is 12.0 Å². The van der Waals surface area contributed by atoms with Crippen LogP contribution in [-0.2, 0) is 14.3 Å². The summed E-state index contributed by atoms with van der Waals surface area (Å²) in [5.41, 5.74) is 2.95. The molecule has 0 aliphatic carbocycles. The first-order valence-corrected chi connectivity index (χ1v) is 9.34. The molecule has 2 aromatic carbocycles. The summed E-state index contributed by atoms with van der Waals surface area (Å²) in [6.45, 7) is 3.35. The number of anilines is 1. The number of hydrogen-bond acceptors (Lipinski definition) is 5. The van der Waals surface area contributed by atoms with Gasteiger partial charge in [-0.3, -0.25) is 4.79 Å². The lowest BCUT2D eigenvalue weighted by molar-refractivity contribution is -0.136. The number of urea groups is 1. The Morgan fingerprint density at radius 3 is 2.47 bits per heavy atom. The Balaban J connectivity index is 1.79. The molecule has 8 nitrogen and oxygen atoms in total. The largest absolute Gasteiger partial charge is 0.483 e. The van der Waals surface area contributed by atoms with E-state index in [0.29, 0.717) is 22.7 Å². The number of para-hydroxylation sites is 1. The van der Waals surface area contributed by atoms with Crippen molar-refractivity contribution >= 4 is 23.6 Å². The van der Waals surface area contributed by atoms with Gasteiger partial charge < -0.3 is 25.4 Å². The molecule has 3 amide bonds. The Labute approximate surface area is 174 Å². The summed E-state index contributed by atoms with van der Waals surface area (Å²) in [7, 11) is 1.27. The van der Waals surface area contributed by atoms with E-state index in [1.807, 2.05) is 31.2 Å². The Hall–Kier alpha value is -3.81. The number of esters is 1. The maximum Gasteiger partial charge on any atom is 0.337 e. The number of carbonyl (C=O) groups excluding carboxylic acids is 3. The van der Waals surface area contributed by atoms with Gasteiger partial charge in [0.1, 0.15) is 5.75 Å². The number of amides is 3. The minimum absolute atomic E-state index is 0.236. The maximum absolute atomic E-state index is 12.3. The Morgan fingerprint density at radius 1 is 1.07 bits per heavy atom. The van der Waals surface area contributed by atoms with Crippen LogP contribution in [0, 0.1) is 6.92 Å². The van der Waals surface area contributed by atoms with E-state index in [1.54, 1.807) is 31.2 Å². The standard InChI is InChI=1S/C22H23N3O5/c1-13-8-10-15(11-9-13)24-18(26)12-30-17-7-5-4-6-16(17)20-19(21(27)29-3)14(2)23-22(28)25-20/h4-11,20H,12H2,1-3H3,(H,24,26)(H2,23,25,28)/t20-/m0/s1. The molecule has 30 heavy (non-hydrogen) atoms. The van der Waals surface area contributed by atoms with Gasteiger partial charge in [0, 0.05) is 16.9 Å². The van der Waals surface area contributed by atoms with Crippen molar-refractivity contribution in [2.45, 2.75) is 19.9 Å². The first-order chi connectivity index (χ1) is 14.4. The van der Waals surface area contributed by atoms with Gasteiger partial charge in [0.25, 0.3) is 5.91 Å². The quantitative estimate of drug-likeness (QED) is 0.636. The van der Waals surface area contributed by atoms with E-state index in [4.69, 9.17) is 9.47 Å². The van der Waals surface area contributed by atoms with Crippen LogP contribution < -0.4 is 20.7 Å². The molecular weight excluding hydrogens is 386 g/mol. The summed E-state index contributed by atoms with van der Waals surface area (Å²) in [4.78, 5) is 36.6. The van der Waals surface area contributed by atoms with Gasteiger partial charge in [-0.1, -0.05) is 35.9 Å². The normalized spacial score (nSPS) is 15.7. The summed E-state index contributed by atoms with van der Waals surface area (Å²) >= 11 is 0. The van der Waals surface area contributed by atoms with Crippen LogP contribution in [0.4, 0.5) is 10.5 Å². The van der Waals surface area contributed by atoms with Gasteiger partial charge in [0.15, 0.2) is 6.61 Å². The number of carbonyl (C=O) groups is 3. The van der Waals surface area contributed by atoms with Crippen LogP contribution >= 0.6 is 0 Å². The number of methoxy groups -OCH3 is 1. The number of nitrogens with one attached hydrogen (secondary N) is 3. The summed E-state index contributed by atoms with van der Waals surface area (Å²) in [6.07, 6.45) is 0. The fourth-order valence-corrected chi connectivity index (χ4v) is 3.14. The molecule has 3 N–H and O–H groups in total. The fourth-order valence-electron chi connectivity index (χ4n) is 3.14. The van der Waals surface area contributed by atoms with Crippen LogP contribution in [0.5, 0.6) is 5.75 Å². The van der Waals surface area contributed by atoms with E-state index >= 15 is 0 Å². The van der Waals surface area contributed by atoms with E-state index in [-0.39, 0.29) is 18.1 Å². The highest BCUT2D eigenvalue weighted by Crippen LogP contribution is 2.33. The van der Waals surface area contributed by atoms with Gasteiger partial charge in [0.2, 0.25) is 0 Å². The van der Waals surface area contributed by atoms with Crippen LogP contribution in [0.2, 0.25) is 0 Å². The maximum atomic E-state index is 12.3. The highest BCUT2D eigenvalue weighted by atomic mass is 16.5. The van der Waals surface area contributed by atoms with Crippen molar-refractivity contribution in [1.82, 2.24) is 10.6 Å². The average Bonchev–Trinajstić information content (AvgIpc) is 2.73. The summed E-state index contributed by atoms with van der Waals surface area (Å²) < 4.78 is 10.6. The third kappa shape index (κ3) is 4.78. The van der Waals surface area contributed by atoms with Crippen molar-refractivity contribution in [3.05, 3.63) is 70.9 Å². The minimum Gasteiger partial charge on any atom is -0.483 e. The molecular formula is C22H23N3O5. The lowest BCUT2D eigenvalue weighted by Crippen LogP contribution is -2.45. The number of ether oxygens (including phenoxy) is 2. The van der Waals surface area contributed by atoms with Crippen molar-refractivity contribution in [3.8, 4) is 5.75 Å². The second-order valence-corrected chi connectivity index (χ2v) is 6.80. The monoisotopic (exact) mass is 409 g/mol. The molecule has 0 radical (unpaired) electrons. The molecule has 0 saturated heterocycles. The molecule has 1 heterocycles. The van der Waals surface area contributed by atoms with Gasteiger partial charge in [-0.05, 0) is 32.0 Å². The van der Waals surface area contributed by atoms with Crippen molar-refractivity contribution in [2.75, 3.05) is 19.0 Å². The fraction of sp³-hybridized carbons (Fsp3) is 0.227. The SMILES string of the molecule is COC(=O)C1=C(C)NC(=O)N[C@H]1c1ccccc1OCC(=O)Nc1ccc(C)cc1. The Bertz CT molecular complexity index is 998. The molecule has 156 valence electrons. The summed E-state index contributed by atoms with van der Waals surface area (Å²) in [6, 6.07) is 13.1. The predicted molar refractivity (Wildman–Crippen MR) is 111 cm³/mol. The predicted octanol–water partition coefficient (Wildman–Crippen LogP) is 2.81. The lowest BCUT2D eigenvalue weighted by Gasteiger charge is -2.28. The topological polar surface area (TPSA) is 106 Å². The first-order valence-electron chi connectivity index (χ1n) is 9.34. The van der Waals surface area contributed by atoms with Crippen LogP contribution in [-0.4, -0.2) is 31.6 Å². The molecule has 1 aliphatic heterocycles. The van der Waals surface area contributed by atoms with Crippen LogP contribution in [0.3, 0.4) is 0 Å². The van der Waals surface area contributed by atoms with Crippen molar-refractivity contribution in [1.29, 1.82) is 0 Å². The minimum atomic E-state index is -0.775. The highest BCUT2D eigenvalue weighted by Gasteiger charge is 2.33. The summed E-state index contributed by atoms with van der Waals surface area (Å²) in [5, 5.41) is 8.04. The molecule has 3 rings (SSSR count). The first kappa shape index (κ1) is 20.9. The molecule has 1 atom stereocenters. The van der Waals surface area contributed by atoms with Crippen LogP contribution in [0.25, 0.3) is 0 Å². The van der Waals surface area contributed by atoms with Gasteiger partial charge in [-0.2, -0.15) is 0 Å². The highest BCUT2D eigenvalue weighted by molar-refractivity contribution is 5.95. The van der Waals surface area contributed by atoms with Crippen molar-refractivity contribution in [3.63, 3.8) is 0 Å². The van der Waals surface area contributed by atoms with Gasteiger partial charge in [-0.15, -0.1) is 0 Å². The zero-order valence-corrected chi connectivity index (χ0v) is 16.9. The lowest BCUT2D eigenvalue weighted by atomic mass is 9.95. The molecule has 8 heteroatoms. The van der Waals surface area contributed by atoms with Crippen LogP contribution in [0.1, 0.15) is 24.1 Å².